The van der Waals surface area contributed by atoms with E-state index in [0.29, 0.717) is 15.1 Å². The predicted octanol–water partition coefficient (Wildman–Crippen LogP) is 5.01. The molecule has 88 valence electrons. The molecular formula is C10H8BrCl2FOS. The molecule has 0 aliphatic carbocycles. The predicted molar refractivity (Wildman–Crippen MR) is 71.2 cm³/mol. The molecule has 1 nitrogen and oxygen atoms in total. The number of halogens is 4. The summed E-state index contributed by atoms with van der Waals surface area (Å²) in [6.07, 6.45) is 3.29. The highest BCUT2D eigenvalue weighted by Gasteiger charge is 2.08. The summed E-state index contributed by atoms with van der Waals surface area (Å²) < 4.78 is 19.5. The molecule has 1 aromatic rings. The van der Waals surface area contributed by atoms with Crippen LogP contribution in [0.3, 0.4) is 0 Å². The van der Waals surface area contributed by atoms with Crippen LogP contribution in [0, 0.1) is 5.82 Å². The first-order valence-corrected chi connectivity index (χ1v) is 6.99. The zero-order chi connectivity index (χ0) is 12.1. The van der Waals surface area contributed by atoms with Gasteiger partial charge in [0, 0.05) is 10.5 Å². The average Bonchev–Trinajstić information content (AvgIpc) is 2.16. The summed E-state index contributed by atoms with van der Waals surface area (Å²) in [5.41, 5.74) is 0. The number of benzene rings is 1. The molecule has 1 aromatic carbocycles. The minimum Gasteiger partial charge on any atom is -0.489 e. The van der Waals surface area contributed by atoms with Gasteiger partial charge in [0.25, 0.3) is 0 Å². The van der Waals surface area contributed by atoms with Crippen LogP contribution in [0.1, 0.15) is 0 Å². The fourth-order valence-corrected chi connectivity index (χ4v) is 2.55. The first-order valence-electron chi connectivity index (χ1n) is 4.21. The SMILES string of the molecule is CSc1c(F)cc(OCC=C(Cl)Cl)cc1Br. The molecule has 0 aliphatic heterocycles. The quantitative estimate of drug-likeness (QED) is 0.709. The second-order valence-corrected chi connectivity index (χ2v) is 5.40. The van der Waals surface area contributed by atoms with Crippen molar-refractivity contribution in [1.82, 2.24) is 0 Å². The summed E-state index contributed by atoms with van der Waals surface area (Å²) in [4.78, 5) is 0.554. The molecule has 0 saturated heterocycles. The van der Waals surface area contributed by atoms with E-state index in [2.05, 4.69) is 15.9 Å². The van der Waals surface area contributed by atoms with Gasteiger partial charge in [0.1, 0.15) is 22.7 Å². The second-order valence-electron chi connectivity index (χ2n) is 2.72. The van der Waals surface area contributed by atoms with Gasteiger partial charge in [-0.25, -0.2) is 4.39 Å². The van der Waals surface area contributed by atoms with Gasteiger partial charge in [-0.3, -0.25) is 0 Å². The van der Waals surface area contributed by atoms with Crippen molar-refractivity contribution < 1.29 is 9.13 Å². The van der Waals surface area contributed by atoms with Crippen LogP contribution in [0.25, 0.3) is 0 Å². The van der Waals surface area contributed by atoms with E-state index in [1.807, 2.05) is 0 Å². The maximum atomic E-state index is 13.5. The van der Waals surface area contributed by atoms with Gasteiger partial charge in [0.05, 0.1) is 4.90 Å². The minimum atomic E-state index is -0.321. The molecule has 0 spiro atoms. The highest BCUT2D eigenvalue weighted by atomic mass is 79.9. The molecule has 0 bridgehead atoms. The normalized spacial score (nSPS) is 10.1. The molecule has 0 atom stereocenters. The Morgan fingerprint density at radius 3 is 2.75 bits per heavy atom. The van der Waals surface area contributed by atoms with Crippen LogP contribution in [0.5, 0.6) is 5.75 Å². The number of hydrogen-bond acceptors (Lipinski definition) is 2. The lowest BCUT2D eigenvalue weighted by molar-refractivity contribution is 0.359. The maximum Gasteiger partial charge on any atom is 0.141 e. The van der Waals surface area contributed by atoms with Crippen molar-refractivity contribution in [2.75, 3.05) is 12.9 Å². The molecule has 0 saturated carbocycles. The van der Waals surface area contributed by atoms with Crippen molar-refractivity contribution in [1.29, 1.82) is 0 Å². The van der Waals surface area contributed by atoms with Gasteiger partial charge in [-0.15, -0.1) is 11.8 Å². The molecule has 0 radical (unpaired) electrons. The fourth-order valence-electron chi connectivity index (χ4n) is 1.02. The van der Waals surface area contributed by atoms with Crippen molar-refractivity contribution in [2.45, 2.75) is 4.90 Å². The van der Waals surface area contributed by atoms with E-state index >= 15 is 0 Å². The summed E-state index contributed by atoms with van der Waals surface area (Å²) in [6.45, 7) is 0.201. The van der Waals surface area contributed by atoms with Crippen molar-refractivity contribution in [3.8, 4) is 5.75 Å². The lowest BCUT2D eigenvalue weighted by Gasteiger charge is -2.07. The van der Waals surface area contributed by atoms with Crippen molar-refractivity contribution in [3.63, 3.8) is 0 Å². The van der Waals surface area contributed by atoms with Crippen LogP contribution in [-0.4, -0.2) is 12.9 Å². The van der Waals surface area contributed by atoms with E-state index in [4.69, 9.17) is 27.9 Å². The molecular weight excluding hydrogens is 338 g/mol. The third kappa shape index (κ3) is 4.17. The van der Waals surface area contributed by atoms with Gasteiger partial charge < -0.3 is 4.74 Å². The Kier molecular flexibility index (Phi) is 5.97. The standard InChI is InChI=1S/C10H8BrCl2FOS/c1-16-10-7(11)4-6(5-8(10)14)15-3-2-9(12)13/h2,4-5H,3H2,1H3. The van der Waals surface area contributed by atoms with Crippen molar-refractivity contribution >= 4 is 50.9 Å². The van der Waals surface area contributed by atoms with Gasteiger partial charge in [0.2, 0.25) is 0 Å². The van der Waals surface area contributed by atoms with Gasteiger partial charge >= 0.3 is 0 Å². The third-order valence-corrected chi connectivity index (χ3v) is 3.68. The van der Waals surface area contributed by atoms with Crippen LogP contribution < -0.4 is 4.74 Å². The lowest BCUT2D eigenvalue weighted by Crippen LogP contribution is -1.95. The third-order valence-electron chi connectivity index (χ3n) is 1.66. The van der Waals surface area contributed by atoms with Crippen LogP contribution in [-0.2, 0) is 0 Å². The van der Waals surface area contributed by atoms with E-state index in [9.17, 15) is 4.39 Å². The Morgan fingerprint density at radius 1 is 1.56 bits per heavy atom. The number of ether oxygens (including phenoxy) is 1. The first kappa shape index (κ1) is 14.2. The second kappa shape index (κ2) is 6.74. The van der Waals surface area contributed by atoms with Crippen molar-refractivity contribution in [2.24, 2.45) is 0 Å². The average molecular weight is 346 g/mol. The molecule has 6 heteroatoms. The van der Waals surface area contributed by atoms with E-state index < -0.39 is 0 Å². The maximum absolute atomic E-state index is 13.5. The molecule has 0 amide bonds. The Bertz CT molecular complexity index is 385. The number of thioether (sulfide) groups is 1. The molecule has 16 heavy (non-hydrogen) atoms. The fraction of sp³-hybridized carbons (Fsp3) is 0.200. The minimum absolute atomic E-state index is 0.125. The topological polar surface area (TPSA) is 9.23 Å². The zero-order valence-electron chi connectivity index (χ0n) is 8.27. The first-order chi connectivity index (χ1) is 7.54. The van der Waals surface area contributed by atoms with Crippen LogP contribution in [0.4, 0.5) is 4.39 Å². The van der Waals surface area contributed by atoms with Gasteiger partial charge in [-0.2, -0.15) is 0 Å². The van der Waals surface area contributed by atoms with Gasteiger partial charge in [0.15, 0.2) is 0 Å². The summed E-state index contributed by atoms with van der Waals surface area (Å²) in [5, 5.41) is 0. The molecule has 0 aliphatic rings. The smallest absolute Gasteiger partial charge is 0.141 e. The molecule has 0 aromatic heterocycles. The molecule has 0 N–H and O–H groups in total. The van der Waals surface area contributed by atoms with Crippen LogP contribution in [0.2, 0.25) is 0 Å². The summed E-state index contributed by atoms with van der Waals surface area (Å²) in [6, 6.07) is 3.03. The largest absolute Gasteiger partial charge is 0.489 e. The Morgan fingerprint density at radius 2 is 2.25 bits per heavy atom. The van der Waals surface area contributed by atoms with E-state index in [1.54, 1.807) is 12.3 Å². The number of hydrogen-bond donors (Lipinski definition) is 0. The summed E-state index contributed by atoms with van der Waals surface area (Å²) in [5.74, 6) is 0.103. The number of rotatable bonds is 4. The Balaban J connectivity index is 2.80. The van der Waals surface area contributed by atoms with E-state index in [-0.39, 0.29) is 16.9 Å². The zero-order valence-corrected chi connectivity index (χ0v) is 12.2. The van der Waals surface area contributed by atoms with Gasteiger partial charge in [-0.1, -0.05) is 23.2 Å². The molecule has 0 unspecified atom stereocenters. The Labute approximate surface area is 116 Å². The summed E-state index contributed by atoms with van der Waals surface area (Å²) >= 11 is 15.4. The molecule has 0 heterocycles. The highest BCUT2D eigenvalue weighted by Crippen LogP contribution is 2.32. The molecule has 0 fully saturated rings. The summed E-state index contributed by atoms with van der Waals surface area (Å²) in [7, 11) is 0. The van der Waals surface area contributed by atoms with Crippen LogP contribution in [0.15, 0.2) is 32.1 Å². The molecule has 1 rings (SSSR count). The monoisotopic (exact) mass is 344 g/mol. The van der Waals surface area contributed by atoms with E-state index in [1.165, 1.54) is 23.9 Å². The Hall–Kier alpha value is 0.1000. The van der Waals surface area contributed by atoms with Crippen LogP contribution >= 0.6 is 50.9 Å². The van der Waals surface area contributed by atoms with Gasteiger partial charge in [-0.05, 0) is 34.3 Å². The highest BCUT2D eigenvalue weighted by molar-refractivity contribution is 9.10. The lowest BCUT2D eigenvalue weighted by atomic mass is 10.3. The van der Waals surface area contributed by atoms with E-state index in [0.717, 1.165) is 0 Å². The van der Waals surface area contributed by atoms with Crippen molar-refractivity contribution in [3.05, 3.63) is 33.0 Å².